The smallest absolute Gasteiger partial charge is 0.308 e. The zero-order valence-corrected chi connectivity index (χ0v) is 9.60. The minimum Gasteiger partial charge on any atom is -0.466 e. The summed E-state index contributed by atoms with van der Waals surface area (Å²) in [5.41, 5.74) is 0. The molecule has 0 bridgehead atoms. The van der Waals surface area contributed by atoms with E-state index < -0.39 is 6.10 Å². The second-order valence-electron chi connectivity index (χ2n) is 2.86. The van der Waals surface area contributed by atoms with Crippen LogP contribution < -0.4 is 5.32 Å². The lowest BCUT2D eigenvalue weighted by Crippen LogP contribution is -2.30. The SMILES string of the molecule is CCOC(=O)CC(O)CNCCSC. The molecule has 0 heterocycles. The third kappa shape index (κ3) is 8.34. The van der Waals surface area contributed by atoms with Crippen molar-refractivity contribution in [1.29, 1.82) is 0 Å². The van der Waals surface area contributed by atoms with Crippen LogP contribution in [-0.2, 0) is 9.53 Å². The molecule has 0 radical (unpaired) electrons. The first-order chi connectivity index (χ1) is 6.70. The van der Waals surface area contributed by atoms with Crippen molar-refractivity contribution in [2.75, 3.05) is 31.7 Å². The number of hydrogen-bond donors (Lipinski definition) is 2. The number of rotatable bonds is 8. The van der Waals surface area contributed by atoms with E-state index in [0.717, 1.165) is 12.3 Å². The number of aliphatic hydroxyl groups excluding tert-OH is 1. The van der Waals surface area contributed by atoms with E-state index in [0.29, 0.717) is 13.2 Å². The molecule has 1 unspecified atom stereocenters. The van der Waals surface area contributed by atoms with E-state index in [2.05, 4.69) is 5.32 Å². The molecule has 0 aromatic heterocycles. The average Bonchev–Trinajstić information content (AvgIpc) is 2.13. The molecule has 0 fully saturated rings. The number of nitrogens with one attached hydrogen (secondary N) is 1. The zero-order valence-electron chi connectivity index (χ0n) is 8.78. The van der Waals surface area contributed by atoms with Crippen molar-refractivity contribution in [2.45, 2.75) is 19.4 Å². The van der Waals surface area contributed by atoms with E-state index in [1.54, 1.807) is 18.7 Å². The first-order valence-corrected chi connectivity index (χ1v) is 6.13. The maximum Gasteiger partial charge on any atom is 0.308 e. The van der Waals surface area contributed by atoms with Crippen LogP contribution in [-0.4, -0.2) is 48.9 Å². The first-order valence-electron chi connectivity index (χ1n) is 4.74. The predicted octanol–water partition coefficient (Wildman–Crippen LogP) is 0.253. The van der Waals surface area contributed by atoms with Crippen molar-refractivity contribution in [3.63, 3.8) is 0 Å². The van der Waals surface area contributed by atoms with Crippen LogP contribution in [0.3, 0.4) is 0 Å². The molecule has 5 heteroatoms. The van der Waals surface area contributed by atoms with E-state index in [1.807, 2.05) is 6.26 Å². The molecule has 0 aliphatic heterocycles. The Hall–Kier alpha value is -0.260. The van der Waals surface area contributed by atoms with Crippen LogP contribution in [0.2, 0.25) is 0 Å². The van der Waals surface area contributed by atoms with E-state index >= 15 is 0 Å². The van der Waals surface area contributed by atoms with Gasteiger partial charge in [0.25, 0.3) is 0 Å². The van der Waals surface area contributed by atoms with Crippen LogP contribution in [0.4, 0.5) is 0 Å². The van der Waals surface area contributed by atoms with Gasteiger partial charge in [0, 0.05) is 18.8 Å². The summed E-state index contributed by atoms with van der Waals surface area (Å²) in [6, 6.07) is 0. The van der Waals surface area contributed by atoms with E-state index in [-0.39, 0.29) is 12.4 Å². The van der Waals surface area contributed by atoms with Gasteiger partial charge in [-0.2, -0.15) is 11.8 Å². The molecule has 0 rings (SSSR count). The Balaban J connectivity index is 3.35. The fourth-order valence-electron chi connectivity index (χ4n) is 0.927. The highest BCUT2D eigenvalue weighted by Gasteiger charge is 2.10. The van der Waals surface area contributed by atoms with Gasteiger partial charge in [0.15, 0.2) is 0 Å². The van der Waals surface area contributed by atoms with Crippen LogP contribution in [0.1, 0.15) is 13.3 Å². The van der Waals surface area contributed by atoms with E-state index in [4.69, 9.17) is 4.74 Å². The van der Waals surface area contributed by atoms with Crippen molar-refractivity contribution in [3.05, 3.63) is 0 Å². The van der Waals surface area contributed by atoms with Crippen LogP contribution in [0, 0.1) is 0 Å². The maximum absolute atomic E-state index is 10.9. The number of thioether (sulfide) groups is 1. The first kappa shape index (κ1) is 13.7. The maximum atomic E-state index is 10.9. The Morgan fingerprint density at radius 2 is 2.36 bits per heavy atom. The Kier molecular flexibility index (Phi) is 9.13. The lowest BCUT2D eigenvalue weighted by molar-refractivity contribution is -0.145. The number of aliphatic hydroxyl groups is 1. The van der Waals surface area contributed by atoms with E-state index in [1.165, 1.54) is 0 Å². The van der Waals surface area contributed by atoms with Crippen molar-refractivity contribution in [3.8, 4) is 0 Å². The monoisotopic (exact) mass is 221 g/mol. The highest BCUT2D eigenvalue weighted by Crippen LogP contribution is 1.94. The number of ether oxygens (including phenoxy) is 1. The number of carbonyl (C=O) groups is 1. The molecular weight excluding hydrogens is 202 g/mol. The van der Waals surface area contributed by atoms with Gasteiger partial charge >= 0.3 is 5.97 Å². The van der Waals surface area contributed by atoms with Gasteiger partial charge in [0.2, 0.25) is 0 Å². The fraction of sp³-hybridized carbons (Fsp3) is 0.889. The van der Waals surface area contributed by atoms with Gasteiger partial charge in [-0.1, -0.05) is 0 Å². The Bertz CT molecular complexity index is 155. The van der Waals surface area contributed by atoms with Crippen LogP contribution in [0.15, 0.2) is 0 Å². The molecule has 0 aliphatic rings. The number of hydrogen-bond acceptors (Lipinski definition) is 5. The molecule has 0 aromatic rings. The lowest BCUT2D eigenvalue weighted by Gasteiger charge is -2.10. The second-order valence-corrected chi connectivity index (χ2v) is 3.85. The molecule has 0 spiro atoms. The molecular formula is C9H19NO3S. The third-order valence-electron chi connectivity index (χ3n) is 1.57. The van der Waals surface area contributed by atoms with Gasteiger partial charge in [-0.3, -0.25) is 4.79 Å². The molecule has 1 atom stereocenters. The van der Waals surface area contributed by atoms with Gasteiger partial charge in [-0.25, -0.2) is 0 Å². The van der Waals surface area contributed by atoms with Crippen molar-refractivity contribution >= 4 is 17.7 Å². The molecule has 84 valence electrons. The van der Waals surface area contributed by atoms with Crippen LogP contribution in [0.5, 0.6) is 0 Å². The van der Waals surface area contributed by atoms with Gasteiger partial charge < -0.3 is 15.2 Å². The average molecular weight is 221 g/mol. The topological polar surface area (TPSA) is 58.6 Å². The van der Waals surface area contributed by atoms with Crippen LogP contribution in [0.25, 0.3) is 0 Å². The quantitative estimate of drug-likeness (QED) is 0.454. The second kappa shape index (κ2) is 9.30. The summed E-state index contributed by atoms with van der Waals surface area (Å²) < 4.78 is 4.71. The molecule has 14 heavy (non-hydrogen) atoms. The summed E-state index contributed by atoms with van der Waals surface area (Å²) in [4.78, 5) is 10.9. The zero-order chi connectivity index (χ0) is 10.8. The van der Waals surface area contributed by atoms with Crippen LogP contribution >= 0.6 is 11.8 Å². The Morgan fingerprint density at radius 3 is 2.93 bits per heavy atom. The summed E-state index contributed by atoms with van der Waals surface area (Å²) >= 11 is 1.74. The van der Waals surface area contributed by atoms with E-state index in [9.17, 15) is 9.90 Å². The van der Waals surface area contributed by atoms with Gasteiger partial charge in [0.05, 0.1) is 19.1 Å². The van der Waals surface area contributed by atoms with Crippen molar-refractivity contribution < 1.29 is 14.6 Å². The normalized spacial score (nSPS) is 12.5. The summed E-state index contributed by atoms with van der Waals surface area (Å²) in [7, 11) is 0. The lowest BCUT2D eigenvalue weighted by atomic mass is 10.2. The van der Waals surface area contributed by atoms with Gasteiger partial charge in [0.1, 0.15) is 0 Å². The summed E-state index contributed by atoms with van der Waals surface area (Å²) in [5.74, 6) is 0.665. The van der Waals surface area contributed by atoms with Crippen molar-refractivity contribution in [1.82, 2.24) is 5.32 Å². The van der Waals surface area contributed by atoms with Crippen molar-refractivity contribution in [2.24, 2.45) is 0 Å². The largest absolute Gasteiger partial charge is 0.466 e. The minimum absolute atomic E-state index is 0.0696. The molecule has 4 nitrogen and oxygen atoms in total. The highest BCUT2D eigenvalue weighted by atomic mass is 32.2. The molecule has 0 amide bonds. The molecule has 0 aliphatic carbocycles. The summed E-state index contributed by atoms with van der Waals surface area (Å²) in [5, 5.41) is 12.4. The number of carbonyl (C=O) groups excluding carboxylic acids is 1. The standard InChI is InChI=1S/C9H19NO3S/c1-3-13-9(12)6-8(11)7-10-4-5-14-2/h8,10-11H,3-7H2,1-2H3. The molecule has 0 saturated heterocycles. The van der Waals surface area contributed by atoms with Gasteiger partial charge in [-0.15, -0.1) is 0 Å². The summed E-state index contributed by atoms with van der Waals surface area (Å²) in [6.45, 7) is 3.41. The molecule has 0 aromatic carbocycles. The fourth-order valence-corrected chi connectivity index (χ4v) is 1.28. The minimum atomic E-state index is -0.643. The van der Waals surface area contributed by atoms with Gasteiger partial charge in [-0.05, 0) is 13.2 Å². The molecule has 0 saturated carbocycles. The Labute approximate surface area is 89.4 Å². The third-order valence-corrected chi connectivity index (χ3v) is 2.18. The Morgan fingerprint density at radius 1 is 1.64 bits per heavy atom. The summed E-state index contributed by atoms with van der Waals surface area (Å²) in [6.07, 6.45) is 1.45. The predicted molar refractivity (Wildman–Crippen MR) is 58.5 cm³/mol. The molecule has 2 N–H and O–H groups in total. The highest BCUT2D eigenvalue weighted by molar-refractivity contribution is 7.98. The number of esters is 1.